The van der Waals surface area contributed by atoms with Gasteiger partial charge >= 0.3 is 0 Å². The van der Waals surface area contributed by atoms with Gasteiger partial charge in [-0.2, -0.15) is 0 Å². The van der Waals surface area contributed by atoms with Crippen LogP contribution in [0.2, 0.25) is 19.6 Å². The summed E-state index contributed by atoms with van der Waals surface area (Å²) in [7, 11) is -1.49. The van der Waals surface area contributed by atoms with Gasteiger partial charge in [0.15, 0.2) is 5.88 Å². The molecule has 0 aliphatic carbocycles. The second-order valence-corrected chi connectivity index (χ2v) is 8.36. The normalized spacial score (nSPS) is 13.1. The summed E-state index contributed by atoms with van der Waals surface area (Å²) in [6.07, 6.45) is 5.99. The third-order valence-corrected chi connectivity index (χ3v) is 2.34. The van der Waals surface area contributed by atoms with Crippen LogP contribution in [0.1, 0.15) is 6.92 Å². The van der Waals surface area contributed by atoms with Gasteiger partial charge in [0.2, 0.25) is 8.32 Å². The highest BCUT2D eigenvalue weighted by molar-refractivity contribution is 6.70. The number of rotatable bonds is 3. The number of hydrogen-bond donors (Lipinski definition) is 0. The Morgan fingerprint density at radius 1 is 1.23 bits per heavy atom. The molecule has 72 valence electrons. The average molecular weight is 195 g/mol. The van der Waals surface area contributed by atoms with E-state index < -0.39 is 8.32 Å². The lowest BCUT2D eigenvalue weighted by Crippen LogP contribution is -2.25. The molecule has 2 nitrogen and oxygen atoms in total. The molecule has 0 N–H and O–H groups in total. The van der Waals surface area contributed by atoms with Crippen LogP contribution in [-0.2, 0) is 4.43 Å². The maximum Gasteiger partial charge on any atom is 0.244 e. The molecule has 1 rings (SSSR count). The van der Waals surface area contributed by atoms with E-state index in [0.29, 0.717) is 0 Å². The minimum absolute atomic E-state index is 0.934. The Kier molecular flexibility index (Phi) is 2.98. The van der Waals surface area contributed by atoms with E-state index in [0.717, 1.165) is 5.88 Å². The molecular formula is C10H17NOSi. The number of allylic oxidation sites excluding steroid dienone is 1. The van der Waals surface area contributed by atoms with Crippen LogP contribution in [0.4, 0.5) is 0 Å². The number of hydrogen-bond acceptors (Lipinski definition) is 1. The zero-order valence-corrected chi connectivity index (χ0v) is 9.74. The second kappa shape index (κ2) is 3.83. The van der Waals surface area contributed by atoms with E-state index in [-0.39, 0.29) is 0 Å². The predicted octanol–water partition coefficient (Wildman–Crippen LogP) is 3.16. The third kappa shape index (κ3) is 3.11. The monoisotopic (exact) mass is 195 g/mol. The SMILES string of the molecule is C/C=C(/O[Si](C)(C)C)n1cccc1. The molecule has 0 unspecified atom stereocenters. The molecule has 0 fully saturated rings. The zero-order chi connectivity index (χ0) is 9.90. The Morgan fingerprint density at radius 3 is 2.15 bits per heavy atom. The summed E-state index contributed by atoms with van der Waals surface area (Å²) in [6.45, 7) is 8.54. The second-order valence-electron chi connectivity index (χ2n) is 3.93. The fourth-order valence-electron chi connectivity index (χ4n) is 1.06. The molecule has 1 aromatic heterocycles. The lowest BCUT2D eigenvalue weighted by Gasteiger charge is -2.22. The predicted molar refractivity (Wildman–Crippen MR) is 58.8 cm³/mol. The summed E-state index contributed by atoms with van der Waals surface area (Å²) in [5.74, 6) is 0.934. The number of aromatic nitrogens is 1. The van der Waals surface area contributed by atoms with Crippen molar-refractivity contribution in [1.29, 1.82) is 0 Å². The number of nitrogens with zero attached hydrogens (tertiary/aromatic N) is 1. The van der Waals surface area contributed by atoms with Gasteiger partial charge in [-0.3, -0.25) is 4.57 Å². The molecule has 0 saturated carbocycles. The average Bonchev–Trinajstić information content (AvgIpc) is 2.50. The quantitative estimate of drug-likeness (QED) is 0.534. The minimum Gasteiger partial charge on any atom is -0.533 e. The first kappa shape index (κ1) is 10.1. The molecule has 3 heteroatoms. The standard InChI is InChI=1S/C10H17NOSi/c1-5-10(12-13(2,3)4)11-8-6-7-9-11/h5-9H,1-4H3/b10-5+. The Morgan fingerprint density at radius 2 is 1.77 bits per heavy atom. The molecule has 0 aliphatic rings. The smallest absolute Gasteiger partial charge is 0.244 e. The van der Waals surface area contributed by atoms with Gasteiger partial charge in [-0.25, -0.2) is 0 Å². The van der Waals surface area contributed by atoms with Gasteiger partial charge < -0.3 is 4.43 Å². The van der Waals surface area contributed by atoms with Crippen molar-refractivity contribution in [2.24, 2.45) is 0 Å². The molecular weight excluding hydrogens is 178 g/mol. The Hall–Kier alpha value is -0.963. The summed E-state index contributed by atoms with van der Waals surface area (Å²) in [4.78, 5) is 0. The van der Waals surface area contributed by atoms with E-state index >= 15 is 0 Å². The van der Waals surface area contributed by atoms with E-state index in [2.05, 4.69) is 19.6 Å². The van der Waals surface area contributed by atoms with E-state index in [9.17, 15) is 0 Å². The van der Waals surface area contributed by atoms with Gasteiger partial charge in [0, 0.05) is 12.4 Å². The van der Waals surface area contributed by atoms with Gasteiger partial charge in [0.1, 0.15) is 0 Å². The van der Waals surface area contributed by atoms with Gasteiger partial charge in [-0.1, -0.05) is 0 Å². The molecule has 0 spiro atoms. The summed E-state index contributed by atoms with van der Waals surface area (Å²) in [5.41, 5.74) is 0. The summed E-state index contributed by atoms with van der Waals surface area (Å²) < 4.78 is 7.89. The largest absolute Gasteiger partial charge is 0.533 e. The highest BCUT2D eigenvalue weighted by Crippen LogP contribution is 2.14. The molecule has 1 heterocycles. The van der Waals surface area contributed by atoms with Crippen molar-refractivity contribution in [3.8, 4) is 0 Å². The topological polar surface area (TPSA) is 14.2 Å². The highest BCUT2D eigenvalue weighted by Gasteiger charge is 2.17. The van der Waals surface area contributed by atoms with Gasteiger partial charge in [-0.05, 0) is 44.8 Å². The Bertz CT molecular complexity index is 282. The molecule has 0 aliphatic heterocycles. The van der Waals surface area contributed by atoms with Crippen LogP contribution in [0.3, 0.4) is 0 Å². The van der Waals surface area contributed by atoms with Crippen molar-refractivity contribution < 1.29 is 4.43 Å². The van der Waals surface area contributed by atoms with Crippen molar-refractivity contribution in [3.63, 3.8) is 0 Å². The molecule has 0 bridgehead atoms. The molecule has 0 radical (unpaired) electrons. The molecule has 13 heavy (non-hydrogen) atoms. The van der Waals surface area contributed by atoms with Crippen LogP contribution in [0.5, 0.6) is 0 Å². The fourth-order valence-corrected chi connectivity index (χ4v) is 1.91. The third-order valence-electron chi connectivity index (χ3n) is 1.52. The maximum absolute atomic E-state index is 5.89. The van der Waals surface area contributed by atoms with Crippen LogP contribution in [-0.4, -0.2) is 12.9 Å². The molecule has 0 atom stereocenters. The molecule has 1 aromatic rings. The van der Waals surface area contributed by atoms with Gasteiger partial charge in [0.05, 0.1) is 0 Å². The summed E-state index contributed by atoms with van der Waals surface area (Å²) >= 11 is 0. The molecule has 0 aromatic carbocycles. The van der Waals surface area contributed by atoms with Crippen LogP contribution in [0.25, 0.3) is 5.88 Å². The summed E-state index contributed by atoms with van der Waals surface area (Å²) in [5, 5.41) is 0. The van der Waals surface area contributed by atoms with E-state index in [1.54, 1.807) is 0 Å². The molecule has 0 amide bonds. The van der Waals surface area contributed by atoms with Crippen LogP contribution in [0, 0.1) is 0 Å². The van der Waals surface area contributed by atoms with Gasteiger partial charge in [-0.15, -0.1) is 0 Å². The lowest BCUT2D eigenvalue weighted by atomic mass is 10.6. The van der Waals surface area contributed by atoms with Crippen molar-refractivity contribution in [2.45, 2.75) is 26.6 Å². The van der Waals surface area contributed by atoms with Crippen molar-refractivity contribution in [3.05, 3.63) is 30.6 Å². The van der Waals surface area contributed by atoms with E-state index in [4.69, 9.17) is 4.43 Å². The van der Waals surface area contributed by atoms with E-state index in [1.165, 1.54) is 0 Å². The first-order chi connectivity index (χ1) is 6.03. The van der Waals surface area contributed by atoms with E-state index in [1.807, 2.05) is 42.1 Å². The van der Waals surface area contributed by atoms with Crippen molar-refractivity contribution >= 4 is 14.2 Å². The first-order valence-electron chi connectivity index (χ1n) is 4.51. The van der Waals surface area contributed by atoms with Crippen molar-refractivity contribution in [2.75, 3.05) is 0 Å². The maximum atomic E-state index is 5.89. The summed E-state index contributed by atoms with van der Waals surface area (Å²) in [6, 6.07) is 3.99. The zero-order valence-electron chi connectivity index (χ0n) is 8.74. The first-order valence-corrected chi connectivity index (χ1v) is 7.92. The van der Waals surface area contributed by atoms with Gasteiger partial charge in [0.25, 0.3) is 0 Å². The molecule has 0 saturated heterocycles. The van der Waals surface area contributed by atoms with Crippen LogP contribution < -0.4 is 0 Å². The fraction of sp³-hybridized carbons (Fsp3) is 0.400. The van der Waals surface area contributed by atoms with Crippen LogP contribution in [0.15, 0.2) is 30.6 Å². The Balaban J connectivity index is 2.78. The Labute approximate surface area is 81.0 Å². The lowest BCUT2D eigenvalue weighted by molar-refractivity contribution is 0.477. The minimum atomic E-state index is -1.49. The van der Waals surface area contributed by atoms with Crippen LogP contribution >= 0.6 is 0 Å². The van der Waals surface area contributed by atoms with Crippen molar-refractivity contribution in [1.82, 2.24) is 4.57 Å². The highest BCUT2D eigenvalue weighted by atomic mass is 28.4.